The molecule has 1 aromatic carbocycles. The van der Waals surface area contributed by atoms with Gasteiger partial charge in [0.1, 0.15) is 10.8 Å². The van der Waals surface area contributed by atoms with E-state index >= 15 is 0 Å². The van der Waals surface area contributed by atoms with Gasteiger partial charge < -0.3 is 5.32 Å². The van der Waals surface area contributed by atoms with Gasteiger partial charge in [-0.3, -0.25) is 0 Å². The largest absolute Gasteiger partial charge is 0.356 e. The van der Waals surface area contributed by atoms with Crippen molar-refractivity contribution in [2.75, 3.05) is 5.32 Å². The van der Waals surface area contributed by atoms with Crippen LogP contribution >= 0.6 is 27.3 Å². The molecule has 0 saturated heterocycles. The Hall–Kier alpha value is -1.01. The molecule has 0 amide bonds. The monoisotopic (exact) mass is 301 g/mol. The molecule has 0 unspecified atom stereocenters. The minimum atomic E-state index is -0.225. The number of nitrogens with one attached hydrogen (secondary N) is 1. The van der Waals surface area contributed by atoms with E-state index in [2.05, 4.69) is 31.4 Å². The molecule has 6 heteroatoms. The molecule has 0 bridgehead atoms. The maximum absolute atomic E-state index is 13.4. The lowest BCUT2D eigenvalue weighted by atomic mass is 10.2. The Morgan fingerprint density at radius 1 is 1.44 bits per heavy atom. The fourth-order valence-corrected chi connectivity index (χ4v) is 2.21. The molecule has 16 heavy (non-hydrogen) atoms. The van der Waals surface area contributed by atoms with Crippen LogP contribution in [0.5, 0.6) is 0 Å². The average Bonchev–Trinajstić information content (AvgIpc) is 2.66. The third-order valence-corrected chi connectivity index (χ3v) is 3.25. The molecule has 0 aliphatic carbocycles. The SMILES string of the molecule is Cc1nnc(NCc2cc(Br)ccc2F)s1. The number of nitrogens with zero attached hydrogens (tertiary/aromatic N) is 2. The van der Waals surface area contributed by atoms with Gasteiger partial charge in [-0.2, -0.15) is 0 Å². The first-order valence-electron chi connectivity index (χ1n) is 4.63. The van der Waals surface area contributed by atoms with Gasteiger partial charge >= 0.3 is 0 Å². The highest BCUT2D eigenvalue weighted by molar-refractivity contribution is 9.10. The fraction of sp³-hybridized carbons (Fsp3) is 0.200. The van der Waals surface area contributed by atoms with Crippen LogP contribution in [0.1, 0.15) is 10.6 Å². The van der Waals surface area contributed by atoms with Crippen molar-refractivity contribution in [3.05, 3.63) is 39.1 Å². The molecule has 2 rings (SSSR count). The van der Waals surface area contributed by atoms with Crippen LogP contribution in [-0.2, 0) is 6.54 Å². The fourth-order valence-electron chi connectivity index (χ4n) is 1.22. The molecule has 0 radical (unpaired) electrons. The molecule has 0 fully saturated rings. The first-order valence-corrected chi connectivity index (χ1v) is 6.24. The van der Waals surface area contributed by atoms with Crippen LogP contribution < -0.4 is 5.32 Å². The molecule has 0 spiro atoms. The van der Waals surface area contributed by atoms with E-state index in [1.54, 1.807) is 12.1 Å². The van der Waals surface area contributed by atoms with Gasteiger partial charge in [0.25, 0.3) is 0 Å². The van der Waals surface area contributed by atoms with Crippen LogP contribution in [0.2, 0.25) is 0 Å². The second-order valence-corrected chi connectivity index (χ2v) is 5.31. The minimum absolute atomic E-state index is 0.225. The lowest BCUT2D eigenvalue weighted by Crippen LogP contribution is -2.01. The summed E-state index contributed by atoms with van der Waals surface area (Å²) >= 11 is 4.76. The van der Waals surface area contributed by atoms with E-state index in [1.807, 2.05) is 6.92 Å². The zero-order valence-corrected chi connectivity index (χ0v) is 10.9. The van der Waals surface area contributed by atoms with Crippen LogP contribution in [0.15, 0.2) is 22.7 Å². The van der Waals surface area contributed by atoms with E-state index in [9.17, 15) is 4.39 Å². The van der Waals surface area contributed by atoms with E-state index in [1.165, 1.54) is 17.4 Å². The Balaban J connectivity index is 2.07. The van der Waals surface area contributed by atoms with Crippen LogP contribution in [0.4, 0.5) is 9.52 Å². The number of anilines is 1. The highest BCUT2D eigenvalue weighted by Crippen LogP contribution is 2.18. The molecule has 0 aliphatic heterocycles. The van der Waals surface area contributed by atoms with Crippen LogP contribution in [0, 0.1) is 12.7 Å². The zero-order chi connectivity index (χ0) is 11.5. The van der Waals surface area contributed by atoms with Gasteiger partial charge in [-0.25, -0.2) is 4.39 Å². The maximum Gasteiger partial charge on any atom is 0.205 e. The van der Waals surface area contributed by atoms with Crippen molar-refractivity contribution in [1.29, 1.82) is 0 Å². The number of halogens is 2. The number of aromatic nitrogens is 2. The molecule has 0 aliphatic rings. The van der Waals surface area contributed by atoms with Gasteiger partial charge in [-0.1, -0.05) is 27.3 Å². The number of hydrogen-bond donors (Lipinski definition) is 1. The first kappa shape index (κ1) is 11.5. The first-order chi connectivity index (χ1) is 7.65. The Bertz CT molecular complexity index is 501. The second kappa shape index (κ2) is 4.88. The van der Waals surface area contributed by atoms with Gasteiger partial charge in [0.2, 0.25) is 5.13 Å². The van der Waals surface area contributed by atoms with E-state index in [0.29, 0.717) is 17.2 Å². The summed E-state index contributed by atoms with van der Waals surface area (Å²) in [6.07, 6.45) is 0. The molecule has 3 nitrogen and oxygen atoms in total. The van der Waals surface area contributed by atoms with Crippen molar-refractivity contribution in [3.8, 4) is 0 Å². The van der Waals surface area contributed by atoms with Crippen LogP contribution in [0.25, 0.3) is 0 Å². The molecule has 0 saturated carbocycles. The van der Waals surface area contributed by atoms with Gasteiger partial charge in [0.15, 0.2) is 0 Å². The van der Waals surface area contributed by atoms with E-state index in [4.69, 9.17) is 0 Å². The van der Waals surface area contributed by atoms with E-state index in [0.717, 1.165) is 9.48 Å². The third-order valence-electron chi connectivity index (χ3n) is 1.96. The summed E-state index contributed by atoms with van der Waals surface area (Å²) in [6, 6.07) is 4.86. The lowest BCUT2D eigenvalue weighted by molar-refractivity contribution is 0.612. The van der Waals surface area contributed by atoms with Crippen molar-refractivity contribution in [2.24, 2.45) is 0 Å². The molecular formula is C10H9BrFN3S. The summed E-state index contributed by atoms with van der Waals surface area (Å²) in [6.45, 7) is 2.28. The van der Waals surface area contributed by atoms with E-state index in [-0.39, 0.29) is 5.82 Å². The average molecular weight is 302 g/mol. The lowest BCUT2D eigenvalue weighted by Gasteiger charge is -2.04. The van der Waals surface area contributed by atoms with E-state index < -0.39 is 0 Å². The summed E-state index contributed by atoms with van der Waals surface area (Å²) in [4.78, 5) is 0. The van der Waals surface area contributed by atoms with Gasteiger partial charge in [-0.15, -0.1) is 10.2 Å². The molecule has 1 aromatic heterocycles. The van der Waals surface area contributed by atoms with Gasteiger partial charge in [0.05, 0.1) is 0 Å². The van der Waals surface area contributed by atoms with Crippen molar-refractivity contribution < 1.29 is 4.39 Å². The second-order valence-electron chi connectivity index (χ2n) is 3.22. The minimum Gasteiger partial charge on any atom is -0.356 e. The normalized spacial score (nSPS) is 10.4. The molecule has 1 N–H and O–H groups in total. The predicted octanol–water partition coefficient (Wildman–Crippen LogP) is 3.36. The van der Waals surface area contributed by atoms with Crippen LogP contribution in [0.3, 0.4) is 0 Å². The summed E-state index contributed by atoms with van der Waals surface area (Å²) in [5.74, 6) is -0.225. The summed E-state index contributed by atoms with van der Waals surface area (Å²) in [5.41, 5.74) is 0.599. The smallest absolute Gasteiger partial charge is 0.205 e. The molecule has 2 aromatic rings. The van der Waals surface area contributed by atoms with Gasteiger partial charge in [-0.05, 0) is 25.1 Å². The molecule has 1 heterocycles. The summed E-state index contributed by atoms with van der Waals surface area (Å²) in [5, 5.41) is 12.4. The number of rotatable bonds is 3. The predicted molar refractivity (Wildman–Crippen MR) is 66.1 cm³/mol. The molecular weight excluding hydrogens is 293 g/mol. The Morgan fingerprint density at radius 2 is 2.25 bits per heavy atom. The highest BCUT2D eigenvalue weighted by Gasteiger charge is 2.04. The molecule has 0 atom stereocenters. The Kier molecular flexibility index (Phi) is 3.50. The van der Waals surface area contributed by atoms with Crippen molar-refractivity contribution in [2.45, 2.75) is 13.5 Å². The van der Waals surface area contributed by atoms with Crippen molar-refractivity contribution >= 4 is 32.4 Å². The number of aryl methyl sites for hydroxylation is 1. The highest BCUT2D eigenvalue weighted by atomic mass is 79.9. The number of benzene rings is 1. The topological polar surface area (TPSA) is 37.8 Å². The third kappa shape index (κ3) is 2.76. The molecule has 84 valence electrons. The van der Waals surface area contributed by atoms with Crippen molar-refractivity contribution in [3.63, 3.8) is 0 Å². The van der Waals surface area contributed by atoms with Crippen molar-refractivity contribution in [1.82, 2.24) is 10.2 Å². The summed E-state index contributed by atoms with van der Waals surface area (Å²) < 4.78 is 14.2. The maximum atomic E-state index is 13.4. The standard InChI is InChI=1S/C10H9BrFN3S/c1-6-14-15-10(16-6)13-5-7-4-8(11)2-3-9(7)12/h2-4H,5H2,1H3,(H,13,15). The Morgan fingerprint density at radius 3 is 2.94 bits per heavy atom. The number of hydrogen-bond acceptors (Lipinski definition) is 4. The summed E-state index contributed by atoms with van der Waals surface area (Å²) in [7, 11) is 0. The zero-order valence-electron chi connectivity index (χ0n) is 8.50. The van der Waals surface area contributed by atoms with Gasteiger partial charge in [0, 0.05) is 16.6 Å². The quantitative estimate of drug-likeness (QED) is 0.944. The van der Waals surface area contributed by atoms with Crippen LogP contribution in [-0.4, -0.2) is 10.2 Å². The Labute approximate surface area is 105 Å².